The molecule has 3 rings (SSSR count). The Morgan fingerprint density at radius 1 is 1.13 bits per heavy atom. The Morgan fingerprint density at radius 2 is 1.87 bits per heavy atom. The van der Waals surface area contributed by atoms with Crippen molar-refractivity contribution >= 4 is 11.7 Å². The van der Waals surface area contributed by atoms with E-state index in [0.29, 0.717) is 32.0 Å². The van der Waals surface area contributed by atoms with Crippen molar-refractivity contribution in [1.29, 1.82) is 0 Å². The largest absolute Gasteiger partial charge is 0.459 e. The third-order valence-corrected chi connectivity index (χ3v) is 3.70. The predicted octanol–water partition coefficient (Wildman–Crippen LogP) is 2.66. The third kappa shape index (κ3) is 3.30. The topological polar surface area (TPSA) is 49.6 Å². The van der Waals surface area contributed by atoms with Crippen LogP contribution in [0.5, 0.6) is 0 Å². The average molecular weight is 325 g/mol. The van der Waals surface area contributed by atoms with Crippen molar-refractivity contribution < 1.29 is 22.4 Å². The maximum atomic E-state index is 12.5. The van der Waals surface area contributed by atoms with Crippen molar-refractivity contribution in [3.63, 3.8) is 0 Å². The highest BCUT2D eigenvalue weighted by Crippen LogP contribution is 2.29. The molecule has 0 aromatic carbocycles. The maximum Gasteiger partial charge on any atom is 0.417 e. The Hall–Kier alpha value is -2.51. The number of nitrogens with zero attached hydrogens (tertiary/aromatic N) is 3. The number of alkyl halides is 3. The minimum atomic E-state index is -4.39. The first-order chi connectivity index (χ1) is 10.9. The summed E-state index contributed by atoms with van der Waals surface area (Å²) in [5.41, 5.74) is -0.770. The van der Waals surface area contributed by atoms with E-state index in [9.17, 15) is 18.0 Å². The summed E-state index contributed by atoms with van der Waals surface area (Å²) in [6, 6.07) is 5.62. The number of aromatic nitrogens is 1. The van der Waals surface area contributed by atoms with Gasteiger partial charge in [-0.05, 0) is 24.3 Å². The maximum absolute atomic E-state index is 12.5. The molecular formula is C15H14F3N3O2. The highest BCUT2D eigenvalue weighted by molar-refractivity contribution is 5.91. The molecule has 0 atom stereocenters. The molecule has 1 aliphatic rings. The van der Waals surface area contributed by atoms with Gasteiger partial charge in [-0.2, -0.15) is 13.2 Å². The Labute approximate surface area is 130 Å². The van der Waals surface area contributed by atoms with Crippen LogP contribution in [-0.4, -0.2) is 42.0 Å². The first kappa shape index (κ1) is 15.4. The number of hydrogen-bond acceptors (Lipinski definition) is 4. The molecule has 2 aromatic heterocycles. The third-order valence-electron chi connectivity index (χ3n) is 3.70. The van der Waals surface area contributed by atoms with Crippen LogP contribution in [0.3, 0.4) is 0 Å². The van der Waals surface area contributed by atoms with Crippen molar-refractivity contribution in [2.75, 3.05) is 31.1 Å². The first-order valence-electron chi connectivity index (χ1n) is 7.06. The number of anilines is 1. The molecule has 3 heterocycles. The van der Waals surface area contributed by atoms with Gasteiger partial charge in [-0.1, -0.05) is 0 Å². The van der Waals surface area contributed by atoms with Crippen molar-refractivity contribution in [2.24, 2.45) is 0 Å². The Morgan fingerprint density at radius 3 is 2.39 bits per heavy atom. The summed E-state index contributed by atoms with van der Waals surface area (Å²) in [6.45, 7) is 1.93. The molecule has 0 N–H and O–H groups in total. The molecule has 0 bridgehead atoms. The number of halogens is 3. The second kappa shape index (κ2) is 5.94. The first-order valence-corrected chi connectivity index (χ1v) is 7.06. The summed E-state index contributed by atoms with van der Waals surface area (Å²) in [4.78, 5) is 19.5. The molecule has 2 aromatic rings. The molecule has 1 fully saturated rings. The van der Waals surface area contributed by atoms with Crippen molar-refractivity contribution in [1.82, 2.24) is 9.88 Å². The number of hydrogen-bond donors (Lipinski definition) is 0. The van der Waals surface area contributed by atoms with Gasteiger partial charge in [-0.25, -0.2) is 4.98 Å². The lowest BCUT2D eigenvalue weighted by Crippen LogP contribution is -2.49. The fraction of sp³-hybridized carbons (Fsp3) is 0.333. The average Bonchev–Trinajstić information content (AvgIpc) is 3.08. The van der Waals surface area contributed by atoms with Crippen molar-refractivity contribution in [2.45, 2.75) is 6.18 Å². The lowest BCUT2D eigenvalue weighted by molar-refractivity contribution is -0.137. The van der Waals surface area contributed by atoms with Crippen LogP contribution in [0.4, 0.5) is 19.0 Å². The van der Waals surface area contributed by atoms with Crippen LogP contribution in [0, 0.1) is 0 Å². The summed E-state index contributed by atoms with van der Waals surface area (Å²) >= 11 is 0. The van der Waals surface area contributed by atoms with Gasteiger partial charge in [-0.3, -0.25) is 4.79 Å². The van der Waals surface area contributed by atoms with Crippen LogP contribution in [0.2, 0.25) is 0 Å². The van der Waals surface area contributed by atoms with Gasteiger partial charge in [0.25, 0.3) is 5.91 Å². The van der Waals surface area contributed by atoms with Crippen molar-refractivity contribution in [3.05, 3.63) is 48.0 Å². The Balaban J connectivity index is 1.62. The van der Waals surface area contributed by atoms with Gasteiger partial charge in [0.05, 0.1) is 11.8 Å². The van der Waals surface area contributed by atoms with Crippen LogP contribution in [0.1, 0.15) is 16.1 Å². The fourth-order valence-electron chi connectivity index (χ4n) is 2.44. The van der Waals surface area contributed by atoms with Crippen LogP contribution < -0.4 is 4.90 Å². The Bertz CT molecular complexity index is 660. The van der Waals surface area contributed by atoms with Gasteiger partial charge in [-0.15, -0.1) is 0 Å². The van der Waals surface area contributed by atoms with E-state index in [4.69, 9.17) is 4.42 Å². The number of pyridine rings is 1. The quantitative estimate of drug-likeness (QED) is 0.852. The fourth-order valence-corrected chi connectivity index (χ4v) is 2.44. The standard InChI is InChI=1S/C15H14F3N3O2/c16-15(17,18)11-3-4-13(19-10-11)20-5-7-21(8-6-20)14(22)12-2-1-9-23-12/h1-4,9-10H,5-8H2. The van der Waals surface area contributed by atoms with Gasteiger partial charge in [0, 0.05) is 32.4 Å². The smallest absolute Gasteiger partial charge is 0.417 e. The van der Waals surface area contributed by atoms with Crippen LogP contribution in [0.15, 0.2) is 41.1 Å². The van der Waals surface area contributed by atoms with E-state index < -0.39 is 11.7 Å². The molecule has 8 heteroatoms. The number of carbonyl (C=O) groups is 1. The molecule has 122 valence electrons. The molecule has 23 heavy (non-hydrogen) atoms. The zero-order valence-corrected chi connectivity index (χ0v) is 12.1. The number of furan rings is 1. The number of amides is 1. The molecule has 0 aliphatic carbocycles. The number of carbonyl (C=O) groups excluding carboxylic acids is 1. The molecule has 1 aliphatic heterocycles. The van der Waals surface area contributed by atoms with E-state index in [1.165, 1.54) is 12.3 Å². The van der Waals surface area contributed by atoms with E-state index in [-0.39, 0.29) is 11.7 Å². The molecule has 0 unspecified atom stereocenters. The lowest BCUT2D eigenvalue weighted by atomic mass is 10.2. The van der Waals surface area contributed by atoms with Gasteiger partial charge < -0.3 is 14.2 Å². The van der Waals surface area contributed by atoms with E-state index in [0.717, 1.165) is 12.3 Å². The number of rotatable bonds is 2. The lowest BCUT2D eigenvalue weighted by Gasteiger charge is -2.35. The van der Waals surface area contributed by atoms with Crippen LogP contribution in [-0.2, 0) is 6.18 Å². The van der Waals surface area contributed by atoms with Gasteiger partial charge >= 0.3 is 6.18 Å². The molecular weight excluding hydrogens is 311 g/mol. The van der Waals surface area contributed by atoms with E-state index >= 15 is 0 Å². The second-order valence-corrected chi connectivity index (χ2v) is 5.16. The molecule has 0 radical (unpaired) electrons. The summed E-state index contributed by atoms with van der Waals surface area (Å²) in [6.07, 6.45) is -2.12. The molecule has 1 amide bonds. The summed E-state index contributed by atoms with van der Waals surface area (Å²) in [5.74, 6) is 0.573. The summed E-state index contributed by atoms with van der Waals surface area (Å²) in [5, 5.41) is 0. The SMILES string of the molecule is O=C(c1ccco1)N1CCN(c2ccc(C(F)(F)F)cn2)CC1. The predicted molar refractivity (Wildman–Crippen MR) is 76.1 cm³/mol. The van der Waals surface area contributed by atoms with Crippen molar-refractivity contribution in [3.8, 4) is 0 Å². The molecule has 5 nitrogen and oxygen atoms in total. The zero-order valence-electron chi connectivity index (χ0n) is 12.1. The molecule has 1 saturated heterocycles. The zero-order chi connectivity index (χ0) is 16.4. The Kier molecular flexibility index (Phi) is 3.97. The molecule has 0 spiro atoms. The highest BCUT2D eigenvalue weighted by atomic mass is 19.4. The van der Waals surface area contributed by atoms with E-state index in [2.05, 4.69) is 4.98 Å². The summed E-state index contributed by atoms with van der Waals surface area (Å²) in [7, 11) is 0. The van der Waals surface area contributed by atoms with Crippen LogP contribution >= 0.6 is 0 Å². The van der Waals surface area contributed by atoms with Gasteiger partial charge in [0.2, 0.25) is 0 Å². The normalized spacial score (nSPS) is 15.8. The minimum absolute atomic E-state index is 0.185. The van der Waals surface area contributed by atoms with Gasteiger partial charge in [0.1, 0.15) is 5.82 Å². The monoisotopic (exact) mass is 325 g/mol. The number of piperazine rings is 1. The summed E-state index contributed by atoms with van der Waals surface area (Å²) < 4.78 is 42.7. The van der Waals surface area contributed by atoms with Gasteiger partial charge in [0.15, 0.2) is 5.76 Å². The van der Waals surface area contributed by atoms with E-state index in [1.54, 1.807) is 17.0 Å². The second-order valence-electron chi connectivity index (χ2n) is 5.16. The highest BCUT2D eigenvalue weighted by Gasteiger charge is 2.31. The minimum Gasteiger partial charge on any atom is -0.459 e. The van der Waals surface area contributed by atoms with Crippen LogP contribution in [0.25, 0.3) is 0 Å². The van der Waals surface area contributed by atoms with E-state index in [1.807, 2.05) is 4.90 Å². The molecule has 0 saturated carbocycles.